The zero-order chi connectivity index (χ0) is 29.4. The Morgan fingerprint density at radius 2 is 1.68 bits per heavy atom. The highest BCUT2D eigenvalue weighted by Crippen LogP contribution is 2.38. The lowest BCUT2D eigenvalue weighted by Gasteiger charge is -2.24. The van der Waals surface area contributed by atoms with Crippen LogP contribution in [0.1, 0.15) is 53.9 Å². The van der Waals surface area contributed by atoms with E-state index in [1.165, 1.54) is 6.20 Å². The SMILES string of the molecule is CCOc1cc2ncc(C(=O)O)c(Nc3cccc(CNC(CO)C(O)c4ccccc4)c3CC)c2cc1OCC. The minimum absolute atomic E-state index is 0.0287. The number of hydrogen-bond donors (Lipinski definition) is 5. The van der Waals surface area contributed by atoms with E-state index in [0.717, 1.165) is 22.4 Å². The van der Waals surface area contributed by atoms with Crippen molar-refractivity contribution in [3.05, 3.63) is 89.1 Å². The van der Waals surface area contributed by atoms with Gasteiger partial charge in [-0.25, -0.2) is 4.79 Å². The Hall–Kier alpha value is -4.18. The average molecular weight is 560 g/mol. The molecule has 9 nitrogen and oxygen atoms in total. The first-order chi connectivity index (χ1) is 19.9. The van der Waals surface area contributed by atoms with Crippen LogP contribution in [0.5, 0.6) is 11.5 Å². The van der Waals surface area contributed by atoms with Gasteiger partial charge in [0, 0.05) is 29.9 Å². The monoisotopic (exact) mass is 559 g/mol. The van der Waals surface area contributed by atoms with Gasteiger partial charge in [0.2, 0.25) is 0 Å². The molecular formula is C32H37N3O6. The maximum atomic E-state index is 12.3. The van der Waals surface area contributed by atoms with Gasteiger partial charge < -0.3 is 35.4 Å². The molecule has 3 aromatic carbocycles. The summed E-state index contributed by atoms with van der Waals surface area (Å²) in [5.41, 5.74) is 4.40. The van der Waals surface area contributed by atoms with E-state index in [0.29, 0.717) is 54.3 Å². The number of aliphatic hydroxyl groups is 2. The van der Waals surface area contributed by atoms with Crippen LogP contribution in [0.2, 0.25) is 0 Å². The topological polar surface area (TPSA) is 133 Å². The molecule has 0 spiro atoms. The van der Waals surface area contributed by atoms with E-state index in [1.807, 2.05) is 69.3 Å². The summed E-state index contributed by atoms with van der Waals surface area (Å²) < 4.78 is 11.5. The van der Waals surface area contributed by atoms with E-state index < -0.39 is 18.1 Å². The third kappa shape index (κ3) is 6.77. The molecule has 0 aliphatic heterocycles. The zero-order valence-electron chi connectivity index (χ0n) is 23.6. The fraction of sp³-hybridized carbons (Fsp3) is 0.312. The predicted octanol–water partition coefficient (Wildman–Crippen LogP) is 5.22. The van der Waals surface area contributed by atoms with E-state index in [2.05, 4.69) is 15.6 Å². The Bertz CT molecular complexity index is 1480. The molecule has 0 fully saturated rings. The number of carboxylic acids is 1. The molecule has 0 saturated heterocycles. The van der Waals surface area contributed by atoms with Gasteiger partial charge in [-0.3, -0.25) is 4.98 Å². The molecule has 4 aromatic rings. The van der Waals surface area contributed by atoms with Gasteiger partial charge in [0.05, 0.1) is 43.2 Å². The molecule has 5 N–H and O–H groups in total. The van der Waals surface area contributed by atoms with Gasteiger partial charge in [-0.2, -0.15) is 0 Å². The number of benzene rings is 3. The third-order valence-corrected chi connectivity index (χ3v) is 6.92. The van der Waals surface area contributed by atoms with Crippen LogP contribution in [0.25, 0.3) is 10.9 Å². The molecule has 0 radical (unpaired) electrons. The number of aliphatic hydroxyl groups excluding tert-OH is 2. The zero-order valence-corrected chi connectivity index (χ0v) is 23.6. The lowest BCUT2D eigenvalue weighted by atomic mass is 9.99. The standard InChI is InChI=1S/C32H37N3O6/c1-4-22-21(17-33-27(19-36)31(37)20-11-8-7-9-12-20)13-10-14-25(22)35-30-23-15-28(40-5-2)29(41-6-3)16-26(23)34-18-24(30)32(38)39/h7-16,18,27,31,33,36-37H,4-6,17,19H2,1-3H3,(H,34,35)(H,38,39). The van der Waals surface area contributed by atoms with Crippen LogP contribution in [0.15, 0.2) is 66.9 Å². The summed E-state index contributed by atoms with van der Waals surface area (Å²) >= 11 is 0. The highest BCUT2D eigenvalue weighted by molar-refractivity contribution is 6.06. The van der Waals surface area contributed by atoms with Crippen LogP contribution < -0.4 is 20.1 Å². The molecule has 1 heterocycles. The van der Waals surface area contributed by atoms with Gasteiger partial charge >= 0.3 is 5.97 Å². The second-order valence-corrected chi connectivity index (χ2v) is 9.48. The number of nitrogens with one attached hydrogen (secondary N) is 2. The Morgan fingerprint density at radius 3 is 2.32 bits per heavy atom. The largest absolute Gasteiger partial charge is 0.490 e. The number of carbonyl (C=O) groups is 1. The van der Waals surface area contributed by atoms with E-state index >= 15 is 0 Å². The van der Waals surface area contributed by atoms with Crippen molar-refractivity contribution >= 4 is 28.2 Å². The normalized spacial score (nSPS) is 12.6. The van der Waals surface area contributed by atoms with Gasteiger partial charge in [0.25, 0.3) is 0 Å². The summed E-state index contributed by atoms with van der Waals surface area (Å²) in [6.45, 7) is 6.80. The van der Waals surface area contributed by atoms with Crippen LogP contribution in [0, 0.1) is 0 Å². The molecule has 0 aliphatic carbocycles. The van der Waals surface area contributed by atoms with Crippen LogP contribution in [0.4, 0.5) is 11.4 Å². The number of ether oxygens (including phenoxy) is 2. The highest BCUT2D eigenvalue weighted by Gasteiger charge is 2.22. The number of pyridine rings is 1. The van der Waals surface area contributed by atoms with E-state index in [1.54, 1.807) is 12.1 Å². The van der Waals surface area contributed by atoms with Crippen LogP contribution >= 0.6 is 0 Å². The lowest BCUT2D eigenvalue weighted by molar-refractivity contribution is 0.0697. The molecule has 41 heavy (non-hydrogen) atoms. The first kappa shape index (κ1) is 29.8. The number of carboxylic acid groups (broad SMARTS) is 1. The van der Waals surface area contributed by atoms with Crippen molar-refractivity contribution in [1.29, 1.82) is 0 Å². The van der Waals surface area contributed by atoms with Crippen molar-refractivity contribution in [1.82, 2.24) is 10.3 Å². The molecule has 4 rings (SSSR count). The second kappa shape index (κ2) is 13.9. The summed E-state index contributed by atoms with van der Waals surface area (Å²) in [6, 6.07) is 17.9. The Kier molecular flexibility index (Phi) is 10.1. The molecule has 0 aliphatic rings. The van der Waals surface area contributed by atoms with Gasteiger partial charge in [-0.05, 0) is 49.1 Å². The van der Waals surface area contributed by atoms with Crippen molar-refractivity contribution in [3.8, 4) is 11.5 Å². The van der Waals surface area contributed by atoms with E-state index in [9.17, 15) is 20.1 Å². The molecule has 2 atom stereocenters. The maximum Gasteiger partial charge on any atom is 0.339 e. The van der Waals surface area contributed by atoms with Crippen molar-refractivity contribution in [3.63, 3.8) is 0 Å². The van der Waals surface area contributed by atoms with Crippen molar-refractivity contribution < 1.29 is 29.6 Å². The first-order valence-corrected chi connectivity index (χ1v) is 13.8. The number of nitrogens with zero attached hydrogens (tertiary/aromatic N) is 1. The van der Waals surface area contributed by atoms with Crippen molar-refractivity contribution in [2.24, 2.45) is 0 Å². The summed E-state index contributed by atoms with van der Waals surface area (Å²) in [5, 5.41) is 38.1. The maximum absolute atomic E-state index is 12.3. The van der Waals surface area contributed by atoms with E-state index in [4.69, 9.17) is 9.47 Å². The van der Waals surface area contributed by atoms with Gasteiger partial charge in [0.15, 0.2) is 11.5 Å². The van der Waals surface area contributed by atoms with Crippen LogP contribution in [0.3, 0.4) is 0 Å². The Balaban J connectivity index is 1.70. The smallest absolute Gasteiger partial charge is 0.339 e. The minimum atomic E-state index is -1.11. The second-order valence-electron chi connectivity index (χ2n) is 9.48. The molecule has 0 bridgehead atoms. The number of anilines is 2. The molecule has 2 unspecified atom stereocenters. The first-order valence-electron chi connectivity index (χ1n) is 13.8. The highest BCUT2D eigenvalue weighted by atomic mass is 16.5. The minimum Gasteiger partial charge on any atom is -0.490 e. The fourth-order valence-corrected chi connectivity index (χ4v) is 4.90. The molecule has 1 aromatic heterocycles. The van der Waals surface area contributed by atoms with E-state index in [-0.39, 0.29) is 12.2 Å². The number of hydrogen-bond acceptors (Lipinski definition) is 8. The van der Waals surface area contributed by atoms with Crippen molar-refractivity contribution in [2.45, 2.75) is 45.9 Å². The summed E-state index contributed by atoms with van der Waals surface area (Å²) in [4.78, 5) is 16.7. The fourth-order valence-electron chi connectivity index (χ4n) is 4.90. The Labute approximate surface area is 239 Å². The lowest BCUT2D eigenvalue weighted by Crippen LogP contribution is -2.37. The van der Waals surface area contributed by atoms with Crippen LogP contribution in [-0.2, 0) is 13.0 Å². The number of aromatic carboxylic acids is 1. The number of aromatic nitrogens is 1. The number of rotatable bonds is 14. The predicted molar refractivity (Wildman–Crippen MR) is 159 cm³/mol. The summed E-state index contributed by atoms with van der Waals surface area (Å²) in [5.74, 6) is -0.0537. The van der Waals surface area contributed by atoms with Gasteiger partial charge in [-0.15, -0.1) is 0 Å². The quantitative estimate of drug-likeness (QED) is 0.141. The molecule has 0 saturated carbocycles. The van der Waals surface area contributed by atoms with Gasteiger partial charge in [0.1, 0.15) is 5.56 Å². The van der Waals surface area contributed by atoms with Crippen molar-refractivity contribution in [2.75, 3.05) is 25.1 Å². The van der Waals surface area contributed by atoms with Crippen LogP contribution in [-0.4, -0.2) is 52.1 Å². The summed E-state index contributed by atoms with van der Waals surface area (Å²) in [7, 11) is 0. The Morgan fingerprint density at radius 1 is 0.976 bits per heavy atom. The molecule has 9 heteroatoms. The van der Waals surface area contributed by atoms with Gasteiger partial charge in [-0.1, -0.05) is 49.4 Å². The molecular weight excluding hydrogens is 522 g/mol. The third-order valence-electron chi connectivity index (χ3n) is 6.92. The number of fused-ring (bicyclic) bond motifs is 1. The molecule has 216 valence electrons. The summed E-state index contributed by atoms with van der Waals surface area (Å²) in [6.07, 6.45) is 1.13. The average Bonchev–Trinajstić information content (AvgIpc) is 2.98. The molecule has 0 amide bonds.